The van der Waals surface area contributed by atoms with Crippen LogP contribution in [0.5, 0.6) is 0 Å². The van der Waals surface area contributed by atoms with Gasteiger partial charge >= 0.3 is 5.97 Å². The Morgan fingerprint density at radius 1 is 0.923 bits per heavy atom. The third-order valence-electron chi connectivity index (χ3n) is 4.60. The molecule has 0 aliphatic heterocycles. The fourth-order valence-corrected chi connectivity index (χ4v) is 3.35. The smallest absolute Gasteiger partial charge is 0.338 e. The minimum absolute atomic E-state index is 0.304. The summed E-state index contributed by atoms with van der Waals surface area (Å²) in [6, 6.07) is 22.2. The summed E-state index contributed by atoms with van der Waals surface area (Å²) in [4.78, 5) is 16.8. The largest absolute Gasteiger partial charge is 0.462 e. The molecule has 0 aliphatic carbocycles. The normalized spacial score (nSPS) is 11.0. The van der Waals surface area contributed by atoms with E-state index in [1.165, 1.54) is 10.8 Å². The molecule has 0 fully saturated rings. The zero-order chi connectivity index (χ0) is 18.1. The van der Waals surface area contributed by atoms with Crippen LogP contribution in [0.1, 0.15) is 23.0 Å². The van der Waals surface area contributed by atoms with Crippen LogP contribution in [0.3, 0.4) is 0 Å². The summed E-state index contributed by atoms with van der Waals surface area (Å²) < 4.78 is 5.11. The minimum Gasteiger partial charge on any atom is -0.462 e. The van der Waals surface area contributed by atoms with E-state index in [0.29, 0.717) is 12.2 Å². The zero-order valence-electron chi connectivity index (χ0n) is 14.8. The monoisotopic (exact) mass is 341 g/mol. The summed E-state index contributed by atoms with van der Waals surface area (Å²) in [5.74, 6) is -0.304. The quantitative estimate of drug-likeness (QED) is 0.459. The Morgan fingerprint density at radius 2 is 1.73 bits per heavy atom. The molecule has 0 atom stereocenters. The van der Waals surface area contributed by atoms with Gasteiger partial charge in [-0.1, -0.05) is 42.5 Å². The maximum absolute atomic E-state index is 12.0. The summed E-state index contributed by atoms with van der Waals surface area (Å²) >= 11 is 0. The van der Waals surface area contributed by atoms with Crippen molar-refractivity contribution in [3.05, 3.63) is 78.0 Å². The van der Waals surface area contributed by atoms with Gasteiger partial charge in [0, 0.05) is 16.6 Å². The fraction of sp³-hybridized carbons (Fsp3) is 0.130. The lowest BCUT2D eigenvalue weighted by Crippen LogP contribution is -2.04. The van der Waals surface area contributed by atoms with Crippen molar-refractivity contribution in [2.45, 2.75) is 13.8 Å². The first-order valence-corrected chi connectivity index (χ1v) is 8.74. The predicted octanol–water partition coefficient (Wildman–Crippen LogP) is 5.54. The standard InChI is InChI=1S/C23H19NO2/c1-3-26-23(25)17-11-12-22-18(13-17)14-21(15(2)24-22)20-10-6-8-16-7-4-5-9-19(16)20/h4-14H,3H2,1-2H3. The van der Waals surface area contributed by atoms with Crippen LogP contribution in [-0.4, -0.2) is 17.6 Å². The number of ether oxygens (including phenoxy) is 1. The number of rotatable bonds is 3. The molecule has 0 saturated carbocycles. The molecule has 3 heteroatoms. The molecular weight excluding hydrogens is 322 g/mol. The van der Waals surface area contributed by atoms with Gasteiger partial charge in [-0.05, 0) is 54.4 Å². The second-order valence-electron chi connectivity index (χ2n) is 6.28. The average Bonchev–Trinajstić information content (AvgIpc) is 2.67. The SMILES string of the molecule is CCOC(=O)c1ccc2nc(C)c(-c3cccc4ccccc34)cc2c1. The number of carbonyl (C=O) groups excluding carboxylic acids is 1. The van der Waals surface area contributed by atoms with Crippen LogP contribution in [0.2, 0.25) is 0 Å². The lowest BCUT2D eigenvalue weighted by Gasteiger charge is -2.11. The second-order valence-corrected chi connectivity index (χ2v) is 6.28. The van der Waals surface area contributed by atoms with Gasteiger partial charge in [-0.25, -0.2) is 4.79 Å². The Balaban J connectivity index is 1.92. The lowest BCUT2D eigenvalue weighted by molar-refractivity contribution is 0.0526. The van der Waals surface area contributed by atoms with Gasteiger partial charge in [-0.2, -0.15) is 0 Å². The number of carbonyl (C=O) groups is 1. The first-order valence-electron chi connectivity index (χ1n) is 8.74. The van der Waals surface area contributed by atoms with E-state index >= 15 is 0 Å². The first kappa shape index (κ1) is 16.3. The molecule has 26 heavy (non-hydrogen) atoms. The molecule has 0 bridgehead atoms. The third kappa shape index (κ3) is 2.82. The molecule has 0 radical (unpaired) electrons. The molecular formula is C23H19NO2. The number of fused-ring (bicyclic) bond motifs is 2. The van der Waals surface area contributed by atoms with Gasteiger partial charge in [-0.3, -0.25) is 4.98 Å². The van der Waals surface area contributed by atoms with Gasteiger partial charge in [0.2, 0.25) is 0 Å². The van der Waals surface area contributed by atoms with E-state index < -0.39 is 0 Å². The Morgan fingerprint density at radius 3 is 2.58 bits per heavy atom. The summed E-state index contributed by atoms with van der Waals surface area (Å²) in [5, 5.41) is 3.33. The van der Waals surface area contributed by atoms with Crippen molar-refractivity contribution in [2.24, 2.45) is 0 Å². The molecule has 0 amide bonds. The summed E-state index contributed by atoms with van der Waals surface area (Å²) in [6.45, 7) is 4.20. The van der Waals surface area contributed by atoms with E-state index in [1.54, 1.807) is 6.07 Å². The maximum Gasteiger partial charge on any atom is 0.338 e. The van der Waals surface area contributed by atoms with Crippen LogP contribution in [0.25, 0.3) is 32.8 Å². The first-order chi connectivity index (χ1) is 12.7. The minimum atomic E-state index is -0.304. The van der Waals surface area contributed by atoms with Crippen molar-refractivity contribution in [3.63, 3.8) is 0 Å². The molecule has 4 rings (SSSR count). The molecule has 1 heterocycles. The Kier molecular flexibility index (Phi) is 4.13. The number of benzene rings is 3. The molecule has 4 aromatic rings. The molecule has 0 N–H and O–H groups in total. The molecule has 0 aliphatic rings. The van der Waals surface area contributed by atoms with Crippen LogP contribution in [0.15, 0.2) is 66.7 Å². The van der Waals surface area contributed by atoms with Crippen molar-refractivity contribution in [2.75, 3.05) is 6.61 Å². The number of aromatic nitrogens is 1. The van der Waals surface area contributed by atoms with E-state index in [2.05, 4.69) is 42.5 Å². The van der Waals surface area contributed by atoms with Gasteiger partial charge in [0.1, 0.15) is 0 Å². The molecule has 3 aromatic carbocycles. The number of hydrogen-bond donors (Lipinski definition) is 0. The number of pyridine rings is 1. The topological polar surface area (TPSA) is 39.2 Å². The van der Waals surface area contributed by atoms with Crippen molar-refractivity contribution in [1.29, 1.82) is 0 Å². The van der Waals surface area contributed by atoms with Gasteiger partial charge in [0.05, 0.1) is 17.7 Å². The fourth-order valence-electron chi connectivity index (χ4n) is 3.35. The van der Waals surface area contributed by atoms with Crippen LogP contribution in [0.4, 0.5) is 0 Å². The second kappa shape index (κ2) is 6.60. The van der Waals surface area contributed by atoms with Crippen molar-refractivity contribution >= 4 is 27.6 Å². The van der Waals surface area contributed by atoms with E-state index in [-0.39, 0.29) is 5.97 Å². The third-order valence-corrected chi connectivity index (χ3v) is 4.60. The number of hydrogen-bond acceptors (Lipinski definition) is 3. The summed E-state index contributed by atoms with van der Waals surface area (Å²) in [5.41, 5.74) is 4.62. The molecule has 0 saturated heterocycles. The molecule has 0 spiro atoms. The van der Waals surface area contributed by atoms with Crippen molar-refractivity contribution in [1.82, 2.24) is 4.98 Å². The van der Waals surface area contributed by atoms with Gasteiger partial charge in [0.25, 0.3) is 0 Å². The lowest BCUT2D eigenvalue weighted by atomic mass is 9.96. The van der Waals surface area contributed by atoms with Gasteiger partial charge in [-0.15, -0.1) is 0 Å². The molecule has 3 nitrogen and oxygen atoms in total. The van der Waals surface area contributed by atoms with Crippen LogP contribution >= 0.6 is 0 Å². The van der Waals surface area contributed by atoms with E-state index in [9.17, 15) is 4.79 Å². The van der Waals surface area contributed by atoms with Crippen molar-refractivity contribution < 1.29 is 9.53 Å². The molecule has 128 valence electrons. The van der Waals surface area contributed by atoms with E-state index in [1.807, 2.05) is 32.0 Å². The van der Waals surface area contributed by atoms with Crippen LogP contribution in [0, 0.1) is 6.92 Å². The van der Waals surface area contributed by atoms with E-state index in [4.69, 9.17) is 9.72 Å². The Labute approximate surface area is 152 Å². The van der Waals surface area contributed by atoms with Gasteiger partial charge < -0.3 is 4.74 Å². The zero-order valence-corrected chi connectivity index (χ0v) is 14.8. The van der Waals surface area contributed by atoms with Crippen LogP contribution in [-0.2, 0) is 4.74 Å². The van der Waals surface area contributed by atoms with Crippen LogP contribution < -0.4 is 0 Å². The van der Waals surface area contributed by atoms with E-state index in [0.717, 1.165) is 27.7 Å². The highest BCUT2D eigenvalue weighted by atomic mass is 16.5. The van der Waals surface area contributed by atoms with Crippen molar-refractivity contribution in [3.8, 4) is 11.1 Å². The maximum atomic E-state index is 12.0. The molecule has 1 aromatic heterocycles. The Bertz CT molecular complexity index is 1130. The summed E-state index contributed by atoms with van der Waals surface area (Å²) in [6.07, 6.45) is 0. The average molecular weight is 341 g/mol. The number of esters is 1. The number of nitrogens with zero attached hydrogens (tertiary/aromatic N) is 1. The molecule has 0 unspecified atom stereocenters. The highest BCUT2D eigenvalue weighted by Gasteiger charge is 2.12. The Hall–Kier alpha value is -3.20. The number of aryl methyl sites for hydroxylation is 1. The van der Waals surface area contributed by atoms with Gasteiger partial charge in [0.15, 0.2) is 0 Å². The highest BCUT2D eigenvalue weighted by Crippen LogP contribution is 2.32. The predicted molar refractivity (Wildman–Crippen MR) is 105 cm³/mol. The summed E-state index contributed by atoms with van der Waals surface area (Å²) in [7, 11) is 0. The highest BCUT2D eigenvalue weighted by molar-refractivity contribution is 6.00.